The van der Waals surface area contributed by atoms with Crippen molar-refractivity contribution in [1.82, 2.24) is 10.1 Å². The smallest absolute Gasteiger partial charge is 0.260 e. The van der Waals surface area contributed by atoms with Gasteiger partial charge in [0.1, 0.15) is 5.82 Å². The van der Waals surface area contributed by atoms with Crippen molar-refractivity contribution in [1.29, 1.82) is 0 Å². The van der Waals surface area contributed by atoms with E-state index < -0.39 is 0 Å². The lowest BCUT2D eigenvalue weighted by atomic mass is 10.0. The summed E-state index contributed by atoms with van der Waals surface area (Å²) in [5, 5.41) is 3.66. The van der Waals surface area contributed by atoms with E-state index in [4.69, 9.17) is 4.52 Å². The second-order valence-electron chi connectivity index (χ2n) is 4.04. The molecule has 1 heterocycles. The Kier molecular flexibility index (Phi) is 2.73. The molecule has 0 unspecified atom stereocenters. The average molecular weight is 220 g/mol. The van der Waals surface area contributed by atoms with Gasteiger partial charge in [0.2, 0.25) is 0 Å². The molecule has 0 saturated carbocycles. The molecule has 0 bridgehead atoms. The lowest BCUT2D eigenvalue weighted by molar-refractivity contribution is 0.423. The predicted molar refractivity (Wildman–Crippen MR) is 58.5 cm³/mol. The quantitative estimate of drug-likeness (QED) is 0.779. The molecule has 0 aliphatic carbocycles. The number of nitrogens with zero attached hydrogens (tertiary/aromatic N) is 2. The van der Waals surface area contributed by atoms with Crippen LogP contribution in [0.2, 0.25) is 0 Å². The molecule has 0 saturated heterocycles. The van der Waals surface area contributed by atoms with E-state index in [0.29, 0.717) is 17.3 Å². The maximum atomic E-state index is 13.6. The Morgan fingerprint density at radius 3 is 2.62 bits per heavy atom. The molecule has 2 aromatic rings. The highest BCUT2D eigenvalue weighted by Crippen LogP contribution is 2.25. The van der Waals surface area contributed by atoms with Gasteiger partial charge in [0, 0.05) is 0 Å². The minimum Gasteiger partial charge on any atom is -0.334 e. The van der Waals surface area contributed by atoms with Crippen LogP contribution >= 0.6 is 0 Å². The number of hydrogen-bond donors (Lipinski definition) is 0. The first-order valence-corrected chi connectivity index (χ1v) is 5.18. The molecule has 0 fully saturated rings. The maximum Gasteiger partial charge on any atom is 0.260 e. The standard InChI is InChI=1S/C12H13FN2O/c1-7(2)9-4-5-11(13)10(6-9)12-14-8(3)15-16-12/h4-7H,1-3H3. The lowest BCUT2D eigenvalue weighted by Crippen LogP contribution is -1.91. The highest BCUT2D eigenvalue weighted by atomic mass is 19.1. The monoisotopic (exact) mass is 220 g/mol. The third-order valence-corrected chi connectivity index (χ3v) is 2.42. The van der Waals surface area contributed by atoms with Gasteiger partial charge in [-0.05, 0) is 30.5 Å². The molecule has 0 amide bonds. The third-order valence-electron chi connectivity index (χ3n) is 2.42. The van der Waals surface area contributed by atoms with Crippen molar-refractivity contribution in [3.8, 4) is 11.5 Å². The molecular weight excluding hydrogens is 207 g/mol. The molecule has 0 aliphatic heterocycles. The van der Waals surface area contributed by atoms with E-state index in [1.165, 1.54) is 6.07 Å². The Labute approximate surface area is 93.3 Å². The van der Waals surface area contributed by atoms with Gasteiger partial charge in [-0.3, -0.25) is 0 Å². The molecule has 0 N–H and O–H groups in total. The summed E-state index contributed by atoms with van der Waals surface area (Å²) < 4.78 is 18.6. The van der Waals surface area contributed by atoms with Crippen molar-refractivity contribution < 1.29 is 8.91 Å². The first-order valence-electron chi connectivity index (χ1n) is 5.18. The molecule has 0 atom stereocenters. The molecule has 0 spiro atoms. The van der Waals surface area contributed by atoms with Crippen LogP contribution in [0.5, 0.6) is 0 Å². The Morgan fingerprint density at radius 1 is 1.31 bits per heavy atom. The van der Waals surface area contributed by atoms with Gasteiger partial charge in [-0.15, -0.1) is 0 Å². The second-order valence-corrected chi connectivity index (χ2v) is 4.04. The number of aryl methyl sites for hydroxylation is 1. The van der Waals surface area contributed by atoms with Crippen molar-refractivity contribution >= 4 is 0 Å². The second kappa shape index (κ2) is 4.04. The van der Waals surface area contributed by atoms with E-state index in [1.54, 1.807) is 19.1 Å². The molecule has 16 heavy (non-hydrogen) atoms. The normalized spacial score (nSPS) is 11.1. The van der Waals surface area contributed by atoms with E-state index in [-0.39, 0.29) is 11.7 Å². The first-order chi connectivity index (χ1) is 7.58. The van der Waals surface area contributed by atoms with Crippen molar-refractivity contribution in [3.05, 3.63) is 35.4 Å². The summed E-state index contributed by atoms with van der Waals surface area (Å²) in [6.45, 7) is 5.81. The van der Waals surface area contributed by atoms with E-state index in [2.05, 4.69) is 24.0 Å². The molecule has 0 radical (unpaired) electrons. The van der Waals surface area contributed by atoms with Gasteiger partial charge in [-0.2, -0.15) is 4.98 Å². The van der Waals surface area contributed by atoms with Gasteiger partial charge < -0.3 is 4.52 Å². The molecule has 4 heteroatoms. The molecule has 0 aliphatic rings. The van der Waals surface area contributed by atoms with Crippen molar-refractivity contribution in [2.24, 2.45) is 0 Å². The minimum absolute atomic E-state index is 0.234. The van der Waals surface area contributed by atoms with E-state index in [1.807, 2.05) is 0 Å². The van der Waals surface area contributed by atoms with Crippen LogP contribution in [0, 0.1) is 12.7 Å². The average Bonchev–Trinajstić information content (AvgIpc) is 2.65. The molecule has 1 aromatic carbocycles. The van der Waals surface area contributed by atoms with Crippen LogP contribution in [0.15, 0.2) is 22.7 Å². The number of halogens is 1. The van der Waals surface area contributed by atoms with Crippen molar-refractivity contribution in [2.75, 3.05) is 0 Å². The Balaban J connectivity index is 2.51. The molecular formula is C12H13FN2O. The zero-order chi connectivity index (χ0) is 11.7. The summed E-state index contributed by atoms with van der Waals surface area (Å²) in [7, 11) is 0. The van der Waals surface area contributed by atoms with Gasteiger partial charge in [-0.25, -0.2) is 4.39 Å². The number of aromatic nitrogens is 2. The number of rotatable bonds is 2. The van der Waals surface area contributed by atoms with Crippen LogP contribution in [0.4, 0.5) is 4.39 Å². The highest BCUT2D eigenvalue weighted by molar-refractivity contribution is 5.55. The van der Waals surface area contributed by atoms with Gasteiger partial charge in [-0.1, -0.05) is 25.1 Å². The van der Waals surface area contributed by atoms with Gasteiger partial charge in [0.25, 0.3) is 5.89 Å². The summed E-state index contributed by atoms with van der Waals surface area (Å²) >= 11 is 0. The fourth-order valence-corrected chi connectivity index (χ4v) is 1.47. The molecule has 2 rings (SSSR count). The van der Waals surface area contributed by atoms with Crippen LogP contribution in [-0.4, -0.2) is 10.1 Å². The van der Waals surface area contributed by atoms with E-state index in [9.17, 15) is 4.39 Å². The summed E-state index contributed by atoms with van der Waals surface area (Å²) in [4.78, 5) is 4.02. The SMILES string of the molecule is Cc1noc(-c2cc(C(C)C)ccc2F)n1. The fourth-order valence-electron chi connectivity index (χ4n) is 1.47. The molecule has 1 aromatic heterocycles. The Bertz CT molecular complexity index is 505. The number of hydrogen-bond acceptors (Lipinski definition) is 3. The Morgan fingerprint density at radius 2 is 2.06 bits per heavy atom. The summed E-state index contributed by atoms with van der Waals surface area (Å²) in [5.41, 5.74) is 1.42. The van der Waals surface area contributed by atoms with Crippen LogP contribution in [0.3, 0.4) is 0 Å². The highest BCUT2D eigenvalue weighted by Gasteiger charge is 2.13. The maximum absolute atomic E-state index is 13.6. The third kappa shape index (κ3) is 1.96. The zero-order valence-corrected chi connectivity index (χ0v) is 9.49. The number of benzene rings is 1. The van der Waals surface area contributed by atoms with Crippen LogP contribution in [0.1, 0.15) is 31.2 Å². The summed E-state index contributed by atoms with van der Waals surface area (Å²) in [6.07, 6.45) is 0. The van der Waals surface area contributed by atoms with Crippen molar-refractivity contribution in [3.63, 3.8) is 0 Å². The predicted octanol–water partition coefficient (Wildman–Crippen LogP) is 3.31. The molecule has 84 valence electrons. The largest absolute Gasteiger partial charge is 0.334 e. The van der Waals surface area contributed by atoms with Gasteiger partial charge in [0.15, 0.2) is 5.82 Å². The van der Waals surface area contributed by atoms with E-state index in [0.717, 1.165) is 5.56 Å². The topological polar surface area (TPSA) is 38.9 Å². The van der Waals surface area contributed by atoms with Crippen LogP contribution in [-0.2, 0) is 0 Å². The van der Waals surface area contributed by atoms with Crippen molar-refractivity contribution in [2.45, 2.75) is 26.7 Å². The van der Waals surface area contributed by atoms with Gasteiger partial charge >= 0.3 is 0 Å². The van der Waals surface area contributed by atoms with Crippen LogP contribution < -0.4 is 0 Å². The van der Waals surface area contributed by atoms with Crippen LogP contribution in [0.25, 0.3) is 11.5 Å². The van der Waals surface area contributed by atoms with Gasteiger partial charge in [0.05, 0.1) is 5.56 Å². The molecule has 3 nitrogen and oxygen atoms in total. The summed E-state index contributed by atoms with van der Waals surface area (Å²) in [5.74, 6) is 0.735. The Hall–Kier alpha value is -1.71. The van der Waals surface area contributed by atoms with E-state index >= 15 is 0 Å². The fraction of sp³-hybridized carbons (Fsp3) is 0.333. The lowest BCUT2D eigenvalue weighted by Gasteiger charge is -2.06. The zero-order valence-electron chi connectivity index (χ0n) is 9.49. The minimum atomic E-state index is -0.340. The first kappa shape index (κ1) is 10.8. The summed E-state index contributed by atoms with van der Waals surface area (Å²) in [6, 6.07) is 4.96.